The predicted octanol–water partition coefficient (Wildman–Crippen LogP) is 2.63. The lowest BCUT2D eigenvalue weighted by Gasteiger charge is -2.34. The van der Waals surface area contributed by atoms with Gasteiger partial charge in [-0.05, 0) is 18.2 Å². The number of nitrogens with two attached hydrogens (primary N) is 1. The molecule has 1 saturated heterocycles. The summed E-state index contributed by atoms with van der Waals surface area (Å²) >= 11 is 1.69. The van der Waals surface area contributed by atoms with Crippen molar-refractivity contribution in [2.75, 3.05) is 39.3 Å². The molecule has 0 atom stereocenters. The van der Waals surface area contributed by atoms with E-state index in [0.717, 1.165) is 50.7 Å². The zero-order valence-corrected chi connectivity index (χ0v) is 13.5. The highest BCUT2D eigenvalue weighted by atomic mass is 32.1. The lowest BCUT2D eigenvalue weighted by molar-refractivity contribution is 0.130. The lowest BCUT2D eigenvalue weighted by atomic mass is 10.2. The van der Waals surface area contributed by atoms with Crippen molar-refractivity contribution in [3.8, 4) is 10.4 Å². The topological polar surface area (TPSA) is 32.5 Å². The van der Waals surface area contributed by atoms with Crippen LogP contribution >= 0.6 is 11.3 Å². The fourth-order valence-corrected chi connectivity index (χ4v) is 3.92. The Morgan fingerprint density at radius 1 is 1.00 bits per heavy atom. The molecular formula is C17H22FN3S. The van der Waals surface area contributed by atoms with E-state index in [4.69, 9.17) is 5.73 Å². The van der Waals surface area contributed by atoms with Gasteiger partial charge < -0.3 is 5.73 Å². The molecule has 0 bridgehead atoms. The molecule has 0 saturated carbocycles. The van der Waals surface area contributed by atoms with Gasteiger partial charge in [-0.3, -0.25) is 9.80 Å². The Bertz CT molecular complexity index is 605. The van der Waals surface area contributed by atoms with E-state index >= 15 is 0 Å². The molecule has 1 fully saturated rings. The number of hydrogen-bond acceptors (Lipinski definition) is 4. The second-order valence-electron chi connectivity index (χ2n) is 5.65. The average Bonchev–Trinajstić information content (AvgIpc) is 2.98. The van der Waals surface area contributed by atoms with Gasteiger partial charge in [0.25, 0.3) is 0 Å². The second kappa shape index (κ2) is 7.33. The van der Waals surface area contributed by atoms with Gasteiger partial charge in [-0.25, -0.2) is 4.39 Å². The van der Waals surface area contributed by atoms with Crippen LogP contribution in [-0.4, -0.2) is 49.1 Å². The molecule has 5 heteroatoms. The van der Waals surface area contributed by atoms with Crippen LogP contribution in [0.3, 0.4) is 0 Å². The smallest absolute Gasteiger partial charge is 0.131 e. The minimum absolute atomic E-state index is 0.147. The van der Waals surface area contributed by atoms with Crippen LogP contribution in [0.1, 0.15) is 4.88 Å². The molecule has 2 aromatic rings. The highest BCUT2D eigenvalue weighted by Gasteiger charge is 2.17. The van der Waals surface area contributed by atoms with E-state index in [0.29, 0.717) is 5.56 Å². The molecule has 1 aliphatic rings. The molecule has 3 nitrogen and oxygen atoms in total. The first-order chi connectivity index (χ1) is 10.8. The molecule has 1 aliphatic heterocycles. The standard InChI is InChI=1S/C17H22FN3S/c18-16-4-2-1-3-15(16)17-6-5-14(22-17)13-21-11-9-20(8-7-19)10-12-21/h1-6H,7-13,19H2. The fourth-order valence-electron chi connectivity index (χ4n) is 2.84. The Morgan fingerprint density at radius 3 is 2.45 bits per heavy atom. The average molecular weight is 319 g/mol. The summed E-state index contributed by atoms with van der Waals surface area (Å²) in [5.41, 5.74) is 6.30. The quantitative estimate of drug-likeness (QED) is 0.919. The summed E-state index contributed by atoms with van der Waals surface area (Å²) in [5, 5.41) is 0. The molecule has 0 unspecified atom stereocenters. The van der Waals surface area contributed by atoms with E-state index in [1.165, 1.54) is 10.9 Å². The second-order valence-corrected chi connectivity index (χ2v) is 6.82. The van der Waals surface area contributed by atoms with Crippen LogP contribution in [0.25, 0.3) is 10.4 Å². The van der Waals surface area contributed by atoms with Gasteiger partial charge in [-0.15, -0.1) is 11.3 Å². The Hall–Kier alpha value is -1.27. The number of thiophene rings is 1. The van der Waals surface area contributed by atoms with Crippen LogP contribution in [-0.2, 0) is 6.54 Å². The summed E-state index contributed by atoms with van der Waals surface area (Å²) in [6, 6.07) is 11.1. The molecule has 22 heavy (non-hydrogen) atoms. The van der Waals surface area contributed by atoms with Gasteiger partial charge in [0.15, 0.2) is 0 Å². The van der Waals surface area contributed by atoms with Crippen LogP contribution in [0.4, 0.5) is 4.39 Å². The van der Waals surface area contributed by atoms with E-state index in [-0.39, 0.29) is 5.82 Å². The van der Waals surface area contributed by atoms with Crippen molar-refractivity contribution in [1.29, 1.82) is 0 Å². The lowest BCUT2D eigenvalue weighted by Crippen LogP contribution is -2.47. The van der Waals surface area contributed by atoms with Crippen molar-refractivity contribution < 1.29 is 4.39 Å². The van der Waals surface area contributed by atoms with Crippen LogP contribution in [0.2, 0.25) is 0 Å². The molecule has 0 spiro atoms. The van der Waals surface area contributed by atoms with E-state index in [2.05, 4.69) is 15.9 Å². The van der Waals surface area contributed by atoms with Gasteiger partial charge in [0, 0.05) is 61.1 Å². The van der Waals surface area contributed by atoms with Crippen molar-refractivity contribution in [2.24, 2.45) is 5.73 Å². The summed E-state index contributed by atoms with van der Waals surface area (Å²) < 4.78 is 13.8. The van der Waals surface area contributed by atoms with Crippen LogP contribution in [0.5, 0.6) is 0 Å². The third kappa shape index (κ3) is 3.73. The molecule has 0 aliphatic carbocycles. The van der Waals surface area contributed by atoms with E-state index in [1.54, 1.807) is 17.4 Å². The highest BCUT2D eigenvalue weighted by Crippen LogP contribution is 2.30. The fraction of sp³-hybridized carbons (Fsp3) is 0.412. The van der Waals surface area contributed by atoms with Gasteiger partial charge in [-0.2, -0.15) is 0 Å². The number of rotatable bonds is 5. The Morgan fingerprint density at radius 2 is 1.73 bits per heavy atom. The maximum absolute atomic E-state index is 13.8. The van der Waals surface area contributed by atoms with Gasteiger partial charge in [0.1, 0.15) is 5.82 Å². The summed E-state index contributed by atoms with van der Waals surface area (Å²) in [6.45, 7) is 7.00. The Kier molecular flexibility index (Phi) is 5.20. The first-order valence-corrected chi connectivity index (χ1v) is 8.56. The molecule has 1 aromatic heterocycles. The minimum Gasteiger partial charge on any atom is -0.329 e. The number of hydrogen-bond donors (Lipinski definition) is 1. The van der Waals surface area contributed by atoms with Crippen molar-refractivity contribution >= 4 is 11.3 Å². The monoisotopic (exact) mass is 319 g/mol. The summed E-state index contributed by atoms with van der Waals surface area (Å²) in [5.74, 6) is -0.147. The van der Waals surface area contributed by atoms with Crippen LogP contribution in [0, 0.1) is 5.82 Å². The van der Waals surface area contributed by atoms with Gasteiger partial charge >= 0.3 is 0 Å². The van der Waals surface area contributed by atoms with Gasteiger partial charge in [0.2, 0.25) is 0 Å². The third-order valence-electron chi connectivity index (χ3n) is 4.09. The zero-order valence-electron chi connectivity index (χ0n) is 12.7. The normalized spacial score (nSPS) is 17.0. The number of halogens is 1. The summed E-state index contributed by atoms with van der Waals surface area (Å²) in [4.78, 5) is 7.18. The SMILES string of the molecule is NCCN1CCN(Cc2ccc(-c3ccccc3F)s2)CC1. The molecule has 118 valence electrons. The highest BCUT2D eigenvalue weighted by molar-refractivity contribution is 7.15. The molecule has 0 radical (unpaired) electrons. The Balaban J connectivity index is 1.60. The third-order valence-corrected chi connectivity index (χ3v) is 5.19. The summed E-state index contributed by atoms with van der Waals surface area (Å²) in [7, 11) is 0. The van der Waals surface area contributed by atoms with E-state index in [1.807, 2.05) is 18.2 Å². The Labute approximate surface area is 135 Å². The molecule has 2 heterocycles. The van der Waals surface area contributed by atoms with Gasteiger partial charge in [0.05, 0.1) is 0 Å². The molecule has 1 aromatic carbocycles. The number of benzene rings is 1. The van der Waals surface area contributed by atoms with Gasteiger partial charge in [-0.1, -0.05) is 18.2 Å². The molecule has 0 amide bonds. The minimum atomic E-state index is -0.147. The molecule has 2 N–H and O–H groups in total. The first-order valence-electron chi connectivity index (χ1n) is 7.74. The maximum Gasteiger partial charge on any atom is 0.131 e. The van der Waals surface area contributed by atoms with Crippen LogP contribution in [0.15, 0.2) is 36.4 Å². The van der Waals surface area contributed by atoms with E-state index in [9.17, 15) is 4.39 Å². The number of nitrogens with zero attached hydrogens (tertiary/aromatic N) is 2. The van der Waals surface area contributed by atoms with Crippen molar-refractivity contribution in [3.05, 3.63) is 47.1 Å². The van der Waals surface area contributed by atoms with Crippen molar-refractivity contribution in [1.82, 2.24) is 9.80 Å². The largest absolute Gasteiger partial charge is 0.329 e. The predicted molar refractivity (Wildman–Crippen MR) is 90.5 cm³/mol. The first kappa shape index (κ1) is 15.6. The maximum atomic E-state index is 13.8. The van der Waals surface area contributed by atoms with E-state index < -0.39 is 0 Å². The molecule has 3 rings (SSSR count). The van der Waals surface area contributed by atoms with Crippen molar-refractivity contribution in [2.45, 2.75) is 6.54 Å². The summed E-state index contributed by atoms with van der Waals surface area (Å²) in [6.07, 6.45) is 0. The van der Waals surface area contributed by atoms with Crippen LogP contribution < -0.4 is 5.73 Å². The zero-order chi connectivity index (χ0) is 15.4. The molecular weight excluding hydrogens is 297 g/mol. The van der Waals surface area contributed by atoms with Crippen molar-refractivity contribution in [3.63, 3.8) is 0 Å². The number of piperazine rings is 1.